The molecule has 312 valence electrons. The Balaban J connectivity index is 3.89. The fraction of sp³-hybridized carbons (Fsp3) is 0.864. The van der Waals surface area contributed by atoms with Gasteiger partial charge in [-0.2, -0.15) is 0 Å². The van der Waals surface area contributed by atoms with Crippen LogP contribution in [0.5, 0.6) is 0 Å². The quantitative estimate of drug-likeness (QED) is 0.0273. The molecule has 0 aromatic heterocycles. The topological polar surface area (TPSA) is 119 Å². The van der Waals surface area contributed by atoms with Crippen LogP contribution in [0.15, 0.2) is 24.3 Å². The number of ether oxygens (including phenoxy) is 2. The molecule has 0 aliphatic carbocycles. The Morgan fingerprint density at radius 3 is 1.28 bits per heavy atom. The number of rotatable bonds is 41. The third-order valence-corrected chi connectivity index (χ3v) is 10.2. The van der Waals surface area contributed by atoms with Gasteiger partial charge in [0.25, 0.3) is 0 Å². The normalized spacial score (nSPS) is 12.6. The molecule has 0 rings (SSSR count). The number of carbonyl (C=O) groups excluding carboxylic acids is 2. The van der Waals surface area contributed by atoms with E-state index in [0.29, 0.717) is 12.8 Å². The van der Waals surface area contributed by atoms with Crippen molar-refractivity contribution in [2.75, 3.05) is 13.2 Å². The first-order chi connectivity index (χ1) is 25.8. The SMILES string of the molecule is CCCCCCCC/C=C/C/C=C/CCCCC(=O)OC[C@H](COP(=O)(O)O)OC(=O)CCCCCCCCCCCCCCCCCCCCCC. The van der Waals surface area contributed by atoms with Crippen LogP contribution in [0.2, 0.25) is 0 Å². The molecule has 0 aliphatic heterocycles. The zero-order chi connectivity index (χ0) is 38.9. The van der Waals surface area contributed by atoms with Crippen LogP contribution in [0.3, 0.4) is 0 Å². The van der Waals surface area contributed by atoms with E-state index in [-0.39, 0.29) is 19.4 Å². The zero-order valence-corrected chi connectivity index (χ0v) is 35.3. The van der Waals surface area contributed by atoms with Gasteiger partial charge in [0.15, 0.2) is 6.10 Å². The van der Waals surface area contributed by atoms with Crippen molar-refractivity contribution in [3.63, 3.8) is 0 Å². The Morgan fingerprint density at radius 2 is 0.849 bits per heavy atom. The van der Waals surface area contributed by atoms with E-state index in [0.717, 1.165) is 44.9 Å². The Bertz CT molecular complexity index is 915. The minimum Gasteiger partial charge on any atom is -0.462 e. The van der Waals surface area contributed by atoms with Crippen molar-refractivity contribution < 1.29 is 37.9 Å². The van der Waals surface area contributed by atoms with Gasteiger partial charge >= 0.3 is 19.8 Å². The van der Waals surface area contributed by atoms with Crippen molar-refractivity contribution in [2.24, 2.45) is 0 Å². The monoisotopic (exact) mass is 771 g/mol. The number of phosphoric acid groups is 1. The predicted octanol–water partition coefficient (Wildman–Crippen LogP) is 13.6. The van der Waals surface area contributed by atoms with Gasteiger partial charge in [-0.3, -0.25) is 14.1 Å². The number of phosphoric ester groups is 1. The molecule has 0 aromatic carbocycles. The van der Waals surface area contributed by atoms with Crippen LogP contribution >= 0.6 is 7.82 Å². The third-order valence-electron chi connectivity index (χ3n) is 9.72. The van der Waals surface area contributed by atoms with E-state index in [2.05, 4.69) is 42.7 Å². The van der Waals surface area contributed by atoms with E-state index in [4.69, 9.17) is 19.3 Å². The summed E-state index contributed by atoms with van der Waals surface area (Å²) in [6.45, 7) is 3.68. The lowest BCUT2D eigenvalue weighted by atomic mass is 10.0. The van der Waals surface area contributed by atoms with Gasteiger partial charge in [-0.05, 0) is 44.9 Å². The zero-order valence-electron chi connectivity index (χ0n) is 34.4. The lowest BCUT2D eigenvalue weighted by molar-refractivity contribution is -0.161. The summed E-state index contributed by atoms with van der Waals surface area (Å²) in [4.78, 5) is 42.9. The first-order valence-electron chi connectivity index (χ1n) is 22.1. The molecule has 0 saturated carbocycles. The Hall–Kier alpha value is -1.47. The van der Waals surface area contributed by atoms with Crippen LogP contribution in [0, 0.1) is 0 Å². The molecule has 1 atom stereocenters. The smallest absolute Gasteiger partial charge is 0.462 e. The summed E-state index contributed by atoms with van der Waals surface area (Å²) in [5.41, 5.74) is 0. The van der Waals surface area contributed by atoms with Crippen LogP contribution in [0.4, 0.5) is 0 Å². The second-order valence-corrected chi connectivity index (χ2v) is 16.3. The molecule has 2 N–H and O–H groups in total. The predicted molar refractivity (Wildman–Crippen MR) is 221 cm³/mol. The molecule has 0 spiro atoms. The minimum atomic E-state index is -4.76. The van der Waals surface area contributed by atoms with Crippen molar-refractivity contribution in [3.8, 4) is 0 Å². The number of allylic oxidation sites excluding steroid dienone is 4. The van der Waals surface area contributed by atoms with Gasteiger partial charge in [-0.25, -0.2) is 4.57 Å². The van der Waals surface area contributed by atoms with E-state index in [1.54, 1.807) is 0 Å². The third kappa shape index (κ3) is 43.1. The number of hydrogen-bond donors (Lipinski definition) is 2. The second kappa shape index (κ2) is 40.2. The summed E-state index contributed by atoms with van der Waals surface area (Å²) in [6, 6.07) is 0. The van der Waals surface area contributed by atoms with Gasteiger partial charge in [0.05, 0.1) is 6.61 Å². The van der Waals surface area contributed by atoms with Crippen LogP contribution in [-0.4, -0.2) is 41.0 Å². The molecule has 0 aromatic rings. The summed E-state index contributed by atoms with van der Waals surface area (Å²) in [5.74, 6) is -0.912. The maximum absolute atomic E-state index is 12.4. The molecule has 0 amide bonds. The number of unbranched alkanes of at least 4 members (excludes halogenated alkanes) is 27. The molecule has 0 bridgehead atoms. The largest absolute Gasteiger partial charge is 0.469 e. The van der Waals surface area contributed by atoms with Crippen molar-refractivity contribution in [1.82, 2.24) is 0 Å². The van der Waals surface area contributed by atoms with Crippen molar-refractivity contribution in [2.45, 2.75) is 232 Å². The summed E-state index contributed by atoms with van der Waals surface area (Å²) in [5, 5.41) is 0. The molecule has 0 unspecified atom stereocenters. The van der Waals surface area contributed by atoms with E-state index in [1.165, 1.54) is 141 Å². The Labute approximate surface area is 326 Å². The van der Waals surface area contributed by atoms with Crippen LogP contribution < -0.4 is 0 Å². The first-order valence-corrected chi connectivity index (χ1v) is 23.7. The summed E-state index contributed by atoms with van der Waals surface area (Å²) >= 11 is 0. The Kier molecular flexibility index (Phi) is 39.1. The fourth-order valence-electron chi connectivity index (χ4n) is 6.40. The van der Waals surface area contributed by atoms with Crippen molar-refractivity contribution >= 4 is 19.8 Å². The van der Waals surface area contributed by atoms with Crippen LogP contribution in [0.25, 0.3) is 0 Å². The van der Waals surface area contributed by atoms with Gasteiger partial charge in [-0.15, -0.1) is 0 Å². The van der Waals surface area contributed by atoms with E-state index in [9.17, 15) is 14.2 Å². The highest BCUT2D eigenvalue weighted by molar-refractivity contribution is 7.46. The Morgan fingerprint density at radius 1 is 0.491 bits per heavy atom. The lowest BCUT2D eigenvalue weighted by Gasteiger charge is -2.18. The maximum atomic E-state index is 12.4. The standard InChI is InChI=1S/C44H83O8P/c1-3-5-7-9-11-13-15-17-19-20-21-22-23-25-27-29-31-33-35-37-39-44(46)52-42(41-51-53(47,48)49)40-50-43(45)38-36-34-32-30-28-26-24-18-16-14-12-10-8-6-4-2/h18,24,28,30,42H,3-17,19-23,25-27,29,31-41H2,1-2H3,(H2,47,48,49)/b24-18+,30-28+/t42-/m1/s1. The molecule has 0 fully saturated rings. The average Bonchev–Trinajstić information content (AvgIpc) is 3.13. The summed E-state index contributed by atoms with van der Waals surface area (Å²) < 4.78 is 26.4. The molecule has 0 radical (unpaired) electrons. The lowest BCUT2D eigenvalue weighted by Crippen LogP contribution is -2.29. The van der Waals surface area contributed by atoms with Gasteiger partial charge in [0.1, 0.15) is 6.61 Å². The maximum Gasteiger partial charge on any atom is 0.469 e. The van der Waals surface area contributed by atoms with Crippen LogP contribution in [0.1, 0.15) is 226 Å². The van der Waals surface area contributed by atoms with Crippen LogP contribution in [-0.2, 0) is 28.2 Å². The number of hydrogen-bond acceptors (Lipinski definition) is 6. The number of carbonyl (C=O) groups is 2. The first kappa shape index (κ1) is 51.5. The van der Waals surface area contributed by atoms with Gasteiger partial charge < -0.3 is 19.3 Å². The van der Waals surface area contributed by atoms with E-state index >= 15 is 0 Å². The molecule has 0 saturated heterocycles. The molecular weight excluding hydrogens is 687 g/mol. The molecule has 0 aliphatic rings. The van der Waals surface area contributed by atoms with Crippen molar-refractivity contribution in [3.05, 3.63) is 24.3 Å². The molecule has 0 heterocycles. The molecule has 8 nitrogen and oxygen atoms in total. The average molecular weight is 771 g/mol. The highest BCUT2D eigenvalue weighted by Gasteiger charge is 2.22. The van der Waals surface area contributed by atoms with Gasteiger partial charge in [-0.1, -0.05) is 192 Å². The summed E-state index contributed by atoms with van der Waals surface area (Å²) in [7, 11) is -4.76. The molecule has 9 heteroatoms. The summed E-state index contributed by atoms with van der Waals surface area (Å²) in [6.07, 6.45) is 46.2. The molecule has 53 heavy (non-hydrogen) atoms. The van der Waals surface area contributed by atoms with E-state index in [1.807, 2.05) is 0 Å². The van der Waals surface area contributed by atoms with Gasteiger partial charge in [0, 0.05) is 12.8 Å². The van der Waals surface area contributed by atoms with Crippen molar-refractivity contribution in [1.29, 1.82) is 0 Å². The second-order valence-electron chi connectivity index (χ2n) is 15.0. The highest BCUT2D eigenvalue weighted by Crippen LogP contribution is 2.36. The molecular formula is C44H83O8P. The van der Waals surface area contributed by atoms with E-state index < -0.39 is 32.5 Å². The minimum absolute atomic E-state index is 0.210. The van der Waals surface area contributed by atoms with Gasteiger partial charge in [0.2, 0.25) is 0 Å². The number of esters is 2. The highest BCUT2D eigenvalue weighted by atomic mass is 31.2. The fourth-order valence-corrected chi connectivity index (χ4v) is 6.77.